The van der Waals surface area contributed by atoms with Gasteiger partial charge in [-0.15, -0.1) is 21.5 Å². The number of carbonyl (C=O) groups excluding carboxylic acids is 2. The number of hydrogen-bond donors (Lipinski definition) is 1. The summed E-state index contributed by atoms with van der Waals surface area (Å²) in [4.78, 5) is 25.7. The SMILES string of the molecule is CCOC(=O)NC(=O)CSc1nnc(-c2cc3c(s2)CCC(C(C)(C)C)C3)n1C. The Bertz CT molecular complexity index is 898. The van der Waals surface area contributed by atoms with E-state index in [1.54, 1.807) is 18.3 Å². The van der Waals surface area contributed by atoms with Crippen LogP contribution in [0.2, 0.25) is 0 Å². The molecule has 7 nitrogen and oxygen atoms in total. The van der Waals surface area contributed by atoms with E-state index in [0.717, 1.165) is 23.5 Å². The average Bonchev–Trinajstić information content (AvgIpc) is 3.21. The summed E-state index contributed by atoms with van der Waals surface area (Å²) >= 11 is 3.04. The Kier molecular flexibility index (Phi) is 6.68. The highest BCUT2D eigenvalue weighted by molar-refractivity contribution is 7.99. The van der Waals surface area contributed by atoms with E-state index in [1.807, 2.05) is 11.6 Å². The van der Waals surface area contributed by atoms with Crippen molar-refractivity contribution in [1.82, 2.24) is 20.1 Å². The van der Waals surface area contributed by atoms with Crippen molar-refractivity contribution in [3.8, 4) is 10.7 Å². The van der Waals surface area contributed by atoms with Crippen molar-refractivity contribution in [3.05, 3.63) is 16.5 Å². The maximum absolute atomic E-state index is 11.8. The van der Waals surface area contributed by atoms with Crippen molar-refractivity contribution in [3.63, 3.8) is 0 Å². The zero-order chi connectivity index (χ0) is 21.2. The minimum atomic E-state index is -0.727. The van der Waals surface area contributed by atoms with Crippen LogP contribution < -0.4 is 5.32 Å². The molecule has 2 amide bonds. The summed E-state index contributed by atoms with van der Waals surface area (Å²) in [7, 11) is 1.90. The largest absolute Gasteiger partial charge is 0.450 e. The highest BCUT2D eigenvalue weighted by Crippen LogP contribution is 2.42. The number of hydrogen-bond acceptors (Lipinski definition) is 7. The maximum Gasteiger partial charge on any atom is 0.413 e. The lowest BCUT2D eigenvalue weighted by Crippen LogP contribution is -2.32. The molecule has 1 aliphatic carbocycles. The first-order valence-corrected chi connectivity index (χ1v) is 11.6. The maximum atomic E-state index is 11.8. The van der Waals surface area contributed by atoms with Gasteiger partial charge in [-0.25, -0.2) is 4.79 Å². The normalized spacial score (nSPS) is 16.4. The van der Waals surface area contributed by atoms with Gasteiger partial charge in [-0.2, -0.15) is 0 Å². The topological polar surface area (TPSA) is 86.1 Å². The number of thioether (sulfide) groups is 1. The molecule has 0 aromatic carbocycles. The summed E-state index contributed by atoms with van der Waals surface area (Å²) in [6, 6.07) is 2.25. The Labute approximate surface area is 179 Å². The van der Waals surface area contributed by atoms with Crippen molar-refractivity contribution in [2.75, 3.05) is 12.4 Å². The number of ether oxygens (including phenoxy) is 1. The fraction of sp³-hybridized carbons (Fsp3) is 0.600. The molecule has 0 saturated carbocycles. The van der Waals surface area contributed by atoms with Gasteiger partial charge in [0.2, 0.25) is 5.91 Å². The van der Waals surface area contributed by atoms with Gasteiger partial charge in [0.1, 0.15) is 0 Å². The van der Waals surface area contributed by atoms with E-state index in [0.29, 0.717) is 16.5 Å². The molecule has 2 aromatic rings. The zero-order valence-electron chi connectivity index (χ0n) is 17.6. The van der Waals surface area contributed by atoms with Crippen molar-refractivity contribution in [1.29, 1.82) is 0 Å². The lowest BCUT2D eigenvalue weighted by atomic mass is 9.72. The number of fused-ring (bicyclic) bond motifs is 1. The Morgan fingerprint density at radius 1 is 1.38 bits per heavy atom. The Hall–Kier alpha value is -1.87. The molecule has 0 spiro atoms. The summed E-state index contributed by atoms with van der Waals surface area (Å²) in [6.07, 6.45) is 2.74. The molecule has 1 atom stereocenters. The molecule has 0 radical (unpaired) electrons. The van der Waals surface area contributed by atoms with Gasteiger partial charge in [0.25, 0.3) is 0 Å². The molecule has 2 heterocycles. The van der Waals surface area contributed by atoms with Crippen LogP contribution in [0.1, 0.15) is 44.6 Å². The van der Waals surface area contributed by atoms with Crippen LogP contribution in [0.5, 0.6) is 0 Å². The second kappa shape index (κ2) is 8.87. The second-order valence-electron chi connectivity index (χ2n) is 8.29. The Morgan fingerprint density at radius 3 is 2.83 bits per heavy atom. The highest BCUT2D eigenvalue weighted by atomic mass is 32.2. The first-order valence-electron chi connectivity index (χ1n) is 9.79. The van der Waals surface area contributed by atoms with Gasteiger partial charge >= 0.3 is 6.09 Å². The number of aryl methyl sites for hydroxylation is 1. The summed E-state index contributed by atoms with van der Waals surface area (Å²) < 4.78 is 6.61. The molecule has 0 saturated heterocycles. The molecular formula is C20H28N4O3S2. The van der Waals surface area contributed by atoms with E-state index in [2.05, 4.69) is 42.4 Å². The summed E-state index contributed by atoms with van der Waals surface area (Å²) in [5.41, 5.74) is 1.75. The third-order valence-electron chi connectivity index (χ3n) is 5.21. The van der Waals surface area contributed by atoms with Crippen LogP contribution in [0.25, 0.3) is 10.7 Å². The van der Waals surface area contributed by atoms with Crippen molar-refractivity contribution in [2.24, 2.45) is 18.4 Å². The van der Waals surface area contributed by atoms with E-state index in [4.69, 9.17) is 4.74 Å². The van der Waals surface area contributed by atoms with Crippen LogP contribution >= 0.6 is 23.1 Å². The number of nitrogens with one attached hydrogen (secondary N) is 1. The number of carbonyl (C=O) groups is 2. The summed E-state index contributed by atoms with van der Waals surface area (Å²) in [5.74, 6) is 1.16. The van der Waals surface area contributed by atoms with Crippen LogP contribution in [-0.2, 0) is 29.4 Å². The predicted molar refractivity (Wildman–Crippen MR) is 115 cm³/mol. The number of thiophene rings is 1. The van der Waals surface area contributed by atoms with E-state index < -0.39 is 12.0 Å². The second-order valence-corrected chi connectivity index (χ2v) is 10.4. The molecule has 29 heavy (non-hydrogen) atoms. The monoisotopic (exact) mass is 436 g/mol. The summed E-state index contributed by atoms with van der Waals surface area (Å²) in [5, 5.41) is 11.4. The molecule has 0 fully saturated rings. The number of nitrogens with zero attached hydrogens (tertiary/aromatic N) is 3. The predicted octanol–water partition coefficient (Wildman–Crippen LogP) is 4.06. The fourth-order valence-electron chi connectivity index (χ4n) is 3.48. The molecule has 0 bridgehead atoms. The fourth-order valence-corrected chi connectivity index (χ4v) is 5.42. The minimum absolute atomic E-state index is 0.0684. The number of imide groups is 1. The molecule has 1 unspecified atom stereocenters. The molecule has 0 aliphatic heterocycles. The number of amides is 2. The standard InChI is InChI=1S/C20H28N4O3S2/c1-6-27-19(26)21-16(25)11-28-18-23-22-17(24(18)5)15-10-12-9-13(20(2,3)4)7-8-14(12)29-15/h10,13H,6-9,11H2,1-5H3,(H,21,25,26). The Balaban J connectivity index is 1.67. The first kappa shape index (κ1) is 21.8. The third kappa shape index (κ3) is 5.19. The number of aromatic nitrogens is 3. The lowest BCUT2D eigenvalue weighted by Gasteiger charge is -2.33. The first-order chi connectivity index (χ1) is 13.7. The van der Waals surface area contributed by atoms with Crippen molar-refractivity contribution < 1.29 is 14.3 Å². The quantitative estimate of drug-likeness (QED) is 0.712. The van der Waals surface area contributed by atoms with E-state index >= 15 is 0 Å². The molecule has 1 N–H and O–H groups in total. The smallest absolute Gasteiger partial charge is 0.413 e. The van der Waals surface area contributed by atoms with Crippen LogP contribution in [0.15, 0.2) is 11.2 Å². The molecule has 9 heteroatoms. The van der Waals surface area contributed by atoms with Gasteiger partial charge in [-0.1, -0.05) is 32.5 Å². The van der Waals surface area contributed by atoms with E-state index in [1.165, 1.54) is 28.6 Å². The highest BCUT2D eigenvalue weighted by Gasteiger charge is 2.30. The van der Waals surface area contributed by atoms with Crippen LogP contribution in [0, 0.1) is 11.3 Å². The molecule has 158 valence electrons. The zero-order valence-corrected chi connectivity index (χ0v) is 19.2. The third-order valence-corrected chi connectivity index (χ3v) is 7.47. The Morgan fingerprint density at radius 2 is 2.14 bits per heavy atom. The molecule has 1 aliphatic rings. The van der Waals surface area contributed by atoms with Gasteiger partial charge in [-0.05, 0) is 49.1 Å². The lowest BCUT2D eigenvalue weighted by molar-refractivity contribution is -0.117. The van der Waals surface area contributed by atoms with Gasteiger partial charge < -0.3 is 9.30 Å². The number of alkyl carbamates (subject to hydrolysis) is 1. The average molecular weight is 437 g/mol. The summed E-state index contributed by atoms with van der Waals surface area (Å²) in [6.45, 7) is 8.87. The molecule has 3 rings (SSSR count). The van der Waals surface area contributed by atoms with Gasteiger partial charge in [0.05, 0.1) is 17.2 Å². The van der Waals surface area contributed by atoms with Crippen molar-refractivity contribution in [2.45, 2.75) is 52.1 Å². The van der Waals surface area contributed by atoms with Gasteiger partial charge in [-0.3, -0.25) is 10.1 Å². The van der Waals surface area contributed by atoms with Gasteiger partial charge in [0.15, 0.2) is 11.0 Å². The molecule has 2 aromatic heterocycles. The van der Waals surface area contributed by atoms with Crippen LogP contribution in [0.4, 0.5) is 4.79 Å². The van der Waals surface area contributed by atoms with Crippen LogP contribution in [-0.4, -0.2) is 39.1 Å². The van der Waals surface area contributed by atoms with E-state index in [9.17, 15) is 9.59 Å². The molecular weight excluding hydrogens is 408 g/mol. The van der Waals surface area contributed by atoms with Crippen molar-refractivity contribution >= 4 is 35.1 Å². The van der Waals surface area contributed by atoms with Gasteiger partial charge in [0, 0.05) is 11.9 Å². The van der Waals surface area contributed by atoms with E-state index in [-0.39, 0.29) is 12.4 Å². The van der Waals surface area contributed by atoms with Crippen LogP contribution in [0.3, 0.4) is 0 Å². The minimum Gasteiger partial charge on any atom is -0.450 e. The number of rotatable bonds is 5.